The normalized spacial score (nSPS) is 36.0. The van der Waals surface area contributed by atoms with Gasteiger partial charge in [-0.15, -0.1) is 0 Å². The maximum atomic E-state index is 2.59. The van der Waals surface area contributed by atoms with Crippen LogP contribution in [0.5, 0.6) is 0 Å². The lowest BCUT2D eigenvalue weighted by Crippen LogP contribution is -2.34. The molecule has 2 fully saturated rings. The molecule has 0 radical (unpaired) electrons. The standard InChI is InChI=1S/C21H26/c1-4-16-7-10-20-19-9-6-15-13-14(2)5-8-17(15)18(19)11-12-21(16,20)3/h4-5,8-9,13,18,20H,6-7,10-12H2,1-3H3/b16-4-. The van der Waals surface area contributed by atoms with E-state index in [-0.39, 0.29) is 0 Å². The Morgan fingerprint density at radius 3 is 2.90 bits per heavy atom. The highest BCUT2D eigenvalue weighted by Gasteiger charge is 2.49. The molecule has 1 aromatic carbocycles. The topological polar surface area (TPSA) is 0 Å². The molecular formula is C21H26. The van der Waals surface area contributed by atoms with E-state index in [2.05, 4.69) is 51.1 Å². The fourth-order valence-corrected chi connectivity index (χ4v) is 5.42. The van der Waals surface area contributed by atoms with E-state index >= 15 is 0 Å². The van der Waals surface area contributed by atoms with Gasteiger partial charge in [0.1, 0.15) is 0 Å². The monoisotopic (exact) mass is 278 g/mol. The van der Waals surface area contributed by atoms with Gasteiger partial charge in [0.05, 0.1) is 0 Å². The third-order valence-corrected chi connectivity index (χ3v) is 6.54. The van der Waals surface area contributed by atoms with Gasteiger partial charge in [0, 0.05) is 5.92 Å². The molecule has 4 rings (SSSR count). The Kier molecular flexibility index (Phi) is 2.93. The summed E-state index contributed by atoms with van der Waals surface area (Å²) in [6.07, 6.45) is 11.6. The summed E-state index contributed by atoms with van der Waals surface area (Å²) in [5.74, 6) is 1.51. The first-order valence-electron chi connectivity index (χ1n) is 8.58. The summed E-state index contributed by atoms with van der Waals surface area (Å²) >= 11 is 0. The number of allylic oxidation sites excluding steroid dienone is 4. The molecule has 3 aliphatic carbocycles. The second-order valence-corrected chi connectivity index (χ2v) is 7.52. The van der Waals surface area contributed by atoms with Gasteiger partial charge < -0.3 is 0 Å². The number of fused-ring (bicyclic) bond motifs is 5. The van der Waals surface area contributed by atoms with Crippen LogP contribution >= 0.6 is 0 Å². The molecule has 3 atom stereocenters. The zero-order valence-corrected chi connectivity index (χ0v) is 13.6. The highest BCUT2D eigenvalue weighted by molar-refractivity contribution is 5.47. The summed E-state index contributed by atoms with van der Waals surface area (Å²) in [7, 11) is 0. The SMILES string of the molecule is C/C=C1/CCC2C3=CCc4cc(C)ccc4C3CCC12C. The minimum Gasteiger partial charge on any atom is -0.0879 e. The molecule has 110 valence electrons. The molecule has 3 unspecified atom stereocenters. The van der Waals surface area contributed by atoms with Gasteiger partial charge in [0.15, 0.2) is 0 Å². The zero-order valence-electron chi connectivity index (χ0n) is 13.6. The molecule has 0 aromatic heterocycles. The first kappa shape index (κ1) is 13.4. The van der Waals surface area contributed by atoms with Crippen LogP contribution in [-0.4, -0.2) is 0 Å². The minimum atomic E-state index is 0.458. The smallest absolute Gasteiger partial charge is 0.00545 e. The van der Waals surface area contributed by atoms with Gasteiger partial charge in [0.25, 0.3) is 0 Å². The van der Waals surface area contributed by atoms with Crippen LogP contribution in [0.2, 0.25) is 0 Å². The molecule has 0 saturated heterocycles. The largest absolute Gasteiger partial charge is 0.0879 e. The van der Waals surface area contributed by atoms with Crippen LogP contribution < -0.4 is 0 Å². The van der Waals surface area contributed by atoms with E-state index in [1.54, 1.807) is 22.3 Å². The maximum Gasteiger partial charge on any atom is 0.00545 e. The van der Waals surface area contributed by atoms with Crippen LogP contribution in [-0.2, 0) is 6.42 Å². The predicted octanol–water partition coefficient (Wildman–Crippen LogP) is 5.72. The molecule has 2 saturated carbocycles. The van der Waals surface area contributed by atoms with Crippen LogP contribution in [0.15, 0.2) is 41.5 Å². The van der Waals surface area contributed by atoms with Crippen molar-refractivity contribution in [3.8, 4) is 0 Å². The molecule has 3 aliphatic rings. The van der Waals surface area contributed by atoms with Gasteiger partial charge in [-0.1, -0.05) is 54.0 Å². The molecule has 0 N–H and O–H groups in total. The van der Waals surface area contributed by atoms with Crippen molar-refractivity contribution >= 4 is 0 Å². The lowest BCUT2D eigenvalue weighted by Gasteiger charge is -2.45. The second kappa shape index (κ2) is 4.60. The summed E-state index contributed by atoms with van der Waals surface area (Å²) in [5.41, 5.74) is 8.58. The average Bonchev–Trinajstić information content (AvgIpc) is 2.83. The van der Waals surface area contributed by atoms with E-state index in [1.807, 2.05) is 0 Å². The number of hydrogen-bond acceptors (Lipinski definition) is 0. The summed E-state index contributed by atoms with van der Waals surface area (Å²) in [6.45, 7) is 6.98. The molecule has 0 nitrogen and oxygen atoms in total. The van der Waals surface area contributed by atoms with Crippen LogP contribution in [0.1, 0.15) is 62.1 Å². The Morgan fingerprint density at radius 1 is 1.24 bits per heavy atom. The summed E-state index contributed by atoms with van der Waals surface area (Å²) < 4.78 is 0. The van der Waals surface area contributed by atoms with Crippen LogP contribution in [0.4, 0.5) is 0 Å². The van der Waals surface area contributed by atoms with Crippen LogP contribution in [0.3, 0.4) is 0 Å². The van der Waals surface area contributed by atoms with Gasteiger partial charge in [0.2, 0.25) is 0 Å². The third-order valence-electron chi connectivity index (χ3n) is 6.54. The van der Waals surface area contributed by atoms with Crippen LogP contribution in [0, 0.1) is 18.3 Å². The highest BCUT2D eigenvalue weighted by Crippen LogP contribution is 2.61. The van der Waals surface area contributed by atoms with Crippen molar-refractivity contribution in [3.63, 3.8) is 0 Å². The number of rotatable bonds is 0. The third kappa shape index (κ3) is 1.81. The number of aryl methyl sites for hydroxylation is 1. The molecule has 0 bridgehead atoms. The fraction of sp³-hybridized carbons (Fsp3) is 0.524. The predicted molar refractivity (Wildman–Crippen MR) is 89.5 cm³/mol. The second-order valence-electron chi connectivity index (χ2n) is 7.52. The summed E-state index contributed by atoms with van der Waals surface area (Å²) in [4.78, 5) is 0. The highest BCUT2D eigenvalue weighted by atomic mass is 14.5. The zero-order chi connectivity index (χ0) is 14.6. The molecular weight excluding hydrogens is 252 g/mol. The van der Waals surface area contributed by atoms with Crippen molar-refractivity contribution in [2.45, 2.75) is 58.8 Å². The number of hydrogen-bond donors (Lipinski definition) is 0. The molecule has 0 spiro atoms. The van der Waals surface area contributed by atoms with E-state index in [1.165, 1.54) is 31.2 Å². The molecule has 0 heteroatoms. The summed E-state index contributed by atoms with van der Waals surface area (Å²) in [6, 6.07) is 7.13. The van der Waals surface area contributed by atoms with Crippen molar-refractivity contribution in [2.75, 3.05) is 0 Å². The minimum absolute atomic E-state index is 0.458. The quantitative estimate of drug-likeness (QED) is 0.533. The first-order valence-corrected chi connectivity index (χ1v) is 8.58. The lowest BCUT2D eigenvalue weighted by molar-refractivity contribution is 0.229. The van der Waals surface area contributed by atoms with Crippen molar-refractivity contribution in [2.24, 2.45) is 11.3 Å². The Balaban J connectivity index is 1.76. The Labute approximate surface area is 129 Å². The maximum absolute atomic E-state index is 2.59. The Morgan fingerprint density at radius 2 is 2.10 bits per heavy atom. The summed E-state index contributed by atoms with van der Waals surface area (Å²) in [5, 5.41) is 0. The molecule has 0 aliphatic heterocycles. The van der Waals surface area contributed by atoms with Crippen molar-refractivity contribution < 1.29 is 0 Å². The van der Waals surface area contributed by atoms with Gasteiger partial charge in [-0.2, -0.15) is 0 Å². The van der Waals surface area contributed by atoms with Gasteiger partial charge in [-0.3, -0.25) is 0 Å². The van der Waals surface area contributed by atoms with E-state index < -0.39 is 0 Å². The fourth-order valence-electron chi connectivity index (χ4n) is 5.42. The van der Waals surface area contributed by atoms with Crippen molar-refractivity contribution in [1.82, 2.24) is 0 Å². The van der Waals surface area contributed by atoms with Gasteiger partial charge in [-0.05, 0) is 68.4 Å². The van der Waals surface area contributed by atoms with Crippen LogP contribution in [0.25, 0.3) is 0 Å². The molecule has 0 heterocycles. The van der Waals surface area contributed by atoms with Crippen molar-refractivity contribution in [1.29, 1.82) is 0 Å². The van der Waals surface area contributed by atoms with Gasteiger partial charge >= 0.3 is 0 Å². The average molecular weight is 278 g/mol. The van der Waals surface area contributed by atoms with Gasteiger partial charge in [-0.25, -0.2) is 0 Å². The van der Waals surface area contributed by atoms with Crippen molar-refractivity contribution in [3.05, 3.63) is 58.2 Å². The molecule has 0 amide bonds. The van der Waals surface area contributed by atoms with E-state index in [0.717, 1.165) is 12.3 Å². The van der Waals surface area contributed by atoms with E-state index in [9.17, 15) is 0 Å². The Bertz CT molecular complexity index is 646. The first-order chi connectivity index (χ1) is 10.1. The number of benzene rings is 1. The lowest BCUT2D eigenvalue weighted by atomic mass is 9.59. The molecule has 1 aromatic rings. The van der Waals surface area contributed by atoms with E-state index in [4.69, 9.17) is 0 Å². The Hall–Kier alpha value is -1.30. The van der Waals surface area contributed by atoms with E-state index in [0.29, 0.717) is 11.3 Å². The molecule has 21 heavy (non-hydrogen) atoms.